The van der Waals surface area contributed by atoms with Crippen molar-refractivity contribution in [3.63, 3.8) is 0 Å². The lowest BCUT2D eigenvalue weighted by Crippen LogP contribution is -2.50. The molecule has 0 unspecified atom stereocenters. The van der Waals surface area contributed by atoms with Gasteiger partial charge in [-0.3, -0.25) is 9.36 Å². The third-order valence-corrected chi connectivity index (χ3v) is 5.77. The first-order valence-electron chi connectivity index (χ1n) is 10.7. The minimum absolute atomic E-state index is 0. The molecule has 0 aromatic carbocycles. The summed E-state index contributed by atoms with van der Waals surface area (Å²) in [5, 5.41) is 15.9. The van der Waals surface area contributed by atoms with Crippen LogP contribution in [0, 0.1) is 17.2 Å². The van der Waals surface area contributed by atoms with Crippen LogP contribution in [0.4, 0.5) is 10.6 Å². The van der Waals surface area contributed by atoms with Gasteiger partial charge in [-0.15, -0.1) is 12.4 Å². The molecular weight excluding hydrogens is 432 g/mol. The molecule has 1 saturated heterocycles. The van der Waals surface area contributed by atoms with E-state index in [2.05, 4.69) is 25.5 Å². The summed E-state index contributed by atoms with van der Waals surface area (Å²) in [6.07, 6.45) is 6.02. The van der Waals surface area contributed by atoms with Gasteiger partial charge < -0.3 is 21.3 Å². The van der Waals surface area contributed by atoms with Crippen molar-refractivity contribution in [3.05, 3.63) is 18.6 Å². The second-order valence-corrected chi connectivity index (χ2v) is 7.86. The molecule has 10 nitrogen and oxygen atoms in total. The number of likely N-dealkylation sites (N-methyl/N-ethyl adjacent to an activating group) is 1. The molecular formula is C21H31ClN8O2. The van der Waals surface area contributed by atoms with Gasteiger partial charge in [0, 0.05) is 38.8 Å². The number of Topliss-reactive ketones (excluding diaryl/α,β-unsaturated/α-hetero) is 1. The average molecular weight is 463 g/mol. The van der Waals surface area contributed by atoms with E-state index < -0.39 is 0 Å². The first kappa shape index (κ1) is 25.5. The molecule has 0 spiro atoms. The summed E-state index contributed by atoms with van der Waals surface area (Å²) in [6.45, 7) is 2.72. The van der Waals surface area contributed by atoms with Gasteiger partial charge in [-0.05, 0) is 44.3 Å². The van der Waals surface area contributed by atoms with Crippen LogP contribution in [0.5, 0.6) is 0 Å². The maximum Gasteiger partial charge on any atom is 0.327 e. The number of anilines is 1. The second-order valence-electron chi connectivity index (χ2n) is 7.86. The summed E-state index contributed by atoms with van der Waals surface area (Å²) >= 11 is 0. The Labute approximate surface area is 194 Å². The summed E-state index contributed by atoms with van der Waals surface area (Å²) in [7, 11) is 1.95. The molecule has 0 radical (unpaired) electrons. The van der Waals surface area contributed by atoms with Gasteiger partial charge in [-0.25, -0.2) is 14.8 Å². The van der Waals surface area contributed by atoms with E-state index >= 15 is 0 Å². The highest BCUT2D eigenvalue weighted by molar-refractivity contribution is 5.94. The van der Waals surface area contributed by atoms with E-state index in [4.69, 9.17) is 11.0 Å². The number of nitrogens with zero attached hydrogens (tertiary/aromatic N) is 5. The number of nitrogens with two attached hydrogens (primary N) is 1. The molecule has 174 valence electrons. The normalized spacial score (nSPS) is 17.9. The summed E-state index contributed by atoms with van der Waals surface area (Å²) in [4.78, 5) is 35.5. The smallest absolute Gasteiger partial charge is 0.327 e. The maximum atomic E-state index is 12.6. The Morgan fingerprint density at radius 1 is 1.41 bits per heavy atom. The van der Waals surface area contributed by atoms with Crippen molar-refractivity contribution in [2.24, 2.45) is 11.7 Å². The zero-order valence-corrected chi connectivity index (χ0v) is 19.1. The van der Waals surface area contributed by atoms with Crippen LogP contribution in [0.1, 0.15) is 32.1 Å². The number of carbonyl (C=O) groups is 2. The van der Waals surface area contributed by atoms with E-state index in [0.717, 1.165) is 37.7 Å². The maximum absolute atomic E-state index is 12.6. The van der Waals surface area contributed by atoms with E-state index in [-0.39, 0.29) is 42.6 Å². The lowest BCUT2D eigenvalue weighted by Gasteiger charge is -2.39. The van der Waals surface area contributed by atoms with Gasteiger partial charge in [-0.2, -0.15) is 5.26 Å². The summed E-state index contributed by atoms with van der Waals surface area (Å²) in [5.74, 6) is 0.814. The number of nitrogens with one attached hydrogen (secondary N) is 2. The van der Waals surface area contributed by atoms with Gasteiger partial charge >= 0.3 is 6.03 Å². The highest BCUT2D eigenvalue weighted by atomic mass is 35.5. The fraction of sp³-hybridized carbons (Fsp3) is 0.571. The van der Waals surface area contributed by atoms with Crippen molar-refractivity contribution in [3.8, 4) is 6.07 Å². The summed E-state index contributed by atoms with van der Waals surface area (Å²) < 4.78 is 1.49. The van der Waals surface area contributed by atoms with Crippen LogP contribution in [0.15, 0.2) is 18.6 Å². The van der Waals surface area contributed by atoms with Gasteiger partial charge in [0.05, 0.1) is 17.9 Å². The van der Waals surface area contributed by atoms with Gasteiger partial charge in [0.2, 0.25) is 0 Å². The molecule has 3 rings (SSSR count). The van der Waals surface area contributed by atoms with Gasteiger partial charge in [0.1, 0.15) is 17.9 Å². The minimum Gasteiger partial charge on any atom is -0.354 e. The van der Waals surface area contributed by atoms with E-state index in [9.17, 15) is 9.59 Å². The zero-order chi connectivity index (χ0) is 22.2. The predicted octanol–water partition coefficient (Wildman–Crippen LogP) is 1.44. The van der Waals surface area contributed by atoms with Crippen LogP contribution in [-0.4, -0.2) is 65.6 Å². The van der Waals surface area contributed by atoms with Crippen LogP contribution < -0.4 is 21.3 Å². The molecule has 2 atom stereocenters. The first-order valence-corrected chi connectivity index (χ1v) is 10.7. The fourth-order valence-corrected chi connectivity index (χ4v) is 4.13. The highest BCUT2D eigenvalue weighted by Gasteiger charge is 2.31. The summed E-state index contributed by atoms with van der Waals surface area (Å²) in [5.41, 5.74) is 6.03. The number of rotatable bonds is 9. The zero-order valence-electron chi connectivity index (χ0n) is 18.3. The first-order chi connectivity index (χ1) is 15.1. The molecule has 1 aliphatic heterocycles. The fourth-order valence-electron chi connectivity index (χ4n) is 4.13. The van der Waals surface area contributed by atoms with E-state index in [1.807, 2.05) is 19.2 Å². The van der Waals surface area contributed by atoms with Crippen LogP contribution in [0.2, 0.25) is 0 Å². The Bertz CT molecular complexity index is 957. The molecule has 32 heavy (non-hydrogen) atoms. The van der Waals surface area contributed by atoms with Crippen molar-refractivity contribution in [2.75, 3.05) is 38.1 Å². The molecule has 3 heterocycles. The van der Waals surface area contributed by atoms with E-state index in [1.165, 1.54) is 10.9 Å². The number of piperidine rings is 1. The van der Waals surface area contributed by atoms with E-state index in [1.54, 1.807) is 6.20 Å². The molecule has 0 saturated carbocycles. The molecule has 2 aromatic heterocycles. The molecule has 2 aromatic rings. The molecule has 1 fully saturated rings. The molecule has 4 N–H and O–H groups in total. The summed E-state index contributed by atoms with van der Waals surface area (Å²) in [6, 6.07) is 3.59. The SMILES string of the molecule is CN(c1ncnc2c1ccn2C(=O)NCCCCN)[C@H]1CNCC[C@@H]1CC(=O)CC#N.Cl. The Kier molecular flexibility index (Phi) is 9.84. The number of fused-ring (bicyclic) bond motifs is 1. The van der Waals surface area contributed by atoms with Gasteiger partial charge in [0.25, 0.3) is 0 Å². The van der Waals surface area contributed by atoms with Crippen molar-refractivity contribution >= 4 is 41.1 Å². The standard InChI is InChI=1S/C21H30N8O2.ClH/c1-28(18-13-24-10-5-15(18)12-16(30)4-8-23)19-17-6-11-29(20(17)27-14-26-19)21(31)25-9-3-2-7-22;/h6,11,14-15,18,24H,2-5,7,9-10,12-13,22H2,1H3,(H,25,31);1H/t15-,18+;/m1./s1. The molecule has 1 amide bonds. The van der Waals surface area contributed by atoms with Crippen molar-refractivity contribution < 1.29 is 9.59 Å². The Balaban J connectivity index is 0.00000363. The third kappa shape index (κ3) is 5.94. The number of aromatic nitrogens is 3. The number of hydrogen-bond donors (Lipinski definition) is 3. The Hall–Kier alpha value is -2.74. The molecule has 1 aliphatic rings. The number of hydrogen-bond acceptors (Lipinski definition) is 8. The lowest BCUT2D eigenvalue weighted by molar-refractivity contribution is -0.119. The minimum atomic E-state index is -0.237. The topological polar surface area (TPSA) is 142 Å². The molecule has 0 aliphatic carbocycles. The monoisotopic (exact) mass is 462 g/mol. The number of halogens is 1. The third-order valence-electron chi connectivity index (χ3n) is 5.77. The second kappa shape index (κ2) is 12.3. The van der Waals surface area contributed by atoms with Crippen LogP contribution >= 0.6 is 12.4 Å². The van der Waals surface area contributed by atoms with Crippen LogP contribution in [0.3, 0.4) is 0 Å². The van der Waals surface area contributed by atoms with Crippen molar-refractivity contribution in [2.45, 2.75) is 38.1 Å². The number of amides is 1. The molecule has 0 bridgehead atoms. The largest absolute Gasteiger partial charge is 0.354 e. The van der Waals surface area contributed by atoms with Crippen LogP contribution in [-0.2, 0) is 4.79 Å². The van der Waals surface area contributed by atoms with Crippen LogP contribution in [0.25, 0.3) is 11.0 Å². The quantitative estimate of drug-likeness (QED) is 0.475. The van der Waals surface area contributed by atoms with Crippen molar-refractivity contribution in [1.29, 1.82) is 5.26 Å². The number of ketones is 1. The Morgan fingerprint density at radius 2 is 2.22 bits per heavy atom. The predicted molar refractivity (Wildman–Crippen MR) is 125 cm³/mol. The number of unbranched alkanes of at least 4 members (excludes halogenated alkanes) is 1. The molecule has 11 heteroatoms. The van der Waals surface area contributed by atoms with Gasteiger partial charge in [0.15, 0.2) is 5.65 Å². The van der Waals surface area contributed by atoms with Gasteiger partial charge in [-0.1, -0.05) is 0 Å². The number of carbonyl (C=O) groups excluding carboxylic acids is 2. The Morgan fingerprint density at radius 3 is 2.97 bits per heavy atom. The van der Waals surface area contributed by atoms with E-state index in [0.29, 0.717) is 31.0 Å². The van der Waals surface area contributed by atoms with Crippen molar-refractivity contribution in [1.82, 2.24) is 25.2 Å². The highest BCUT2D eigenvalue weighted by Crippen LogP contribution is 2.29. The lowest BCUT2D eigenvalue weighted by atomic mass is 9.86. The average Bonchev–Trinajstić information content (AvgIpc) is 3.21. The number of nitriles is 1.